The number of rotatable bonds is 2. The first kappa shape index (κ1) is 13.2. The van der Waals surface area contributed by atoms with Crippen molar-refractivity contribution in [3.05, 3.63) is 29.8 Å². The van der Waals surface area contributed by atoms with Gasteiger partial charge in [0.2, 0.25) is 8.32 Å². The monoisotopic (exact) mass is 261 g/mol. The fraction of sp³-hybridized carbons (Fsp3) is 0.467. The number of benzene rings is 1. The second-order valence-electron chi connectivity index (χ2n) is 6.39. The summed E-state index contributed by atoms with van der Waals surface area (Å²) >= 11 is 0. The molecule has 1 heterocycles. The van der Waals surface area contributed by atoms with Crippen molar-refractivity contribution in [1.82, 2.24) is 0 Å². The third kappa shape index (κ3) is 2.61. The molecule has 98 valence electrons. The Kier molecular flexibility index (Phi) is 3.28. The molecule has 2 nitrogen and oxygen atoms in total. The van der Waals surface area contributed by atoms with Crippen LogP contribution in [0, 0.1) is 0 Å². The van der Waals surface area contributed by atoms with Crippen LogP contribution in [0.4, 0.5) is 5.69 Å². The first-order valence-corrected chi connectivity index (χ1v) is 9.44. The Labute approximate surface area is 111 Å². The summed E-state index contributed by atoms with van der Waals surface area (Å²) < 4.78 is 6.31. The van der Waals surface area contributed by atoms with Gasteiger partial charge < -0.3 is 9.74 Å². The quantitative estimate of drug-likeness (QED) is 0.791. The lowest BCUT2D eigenvalue weighted by molar-refractivity contribution is 0.492. The molecule has 1 aromatic carbocycles. The third-order valence-corrected chi connectivity index (χ3v) is 8.27. The minimum absolute atomic E-state index is 0.232. The van der Waals surface area contributed by atoms with Crippen LogP contribution in [0.5, 0.6) is 5.75 Å². The van der Waals surface area contributed by atoms with Gasteiger partial charge in [-0.3, -0.25) is 0 Å². The Morgan fingerprint density at radius 2 is 1.94 bits per heavy atom. The van der Waals surface area contributed by atoms with Crippen molar-refractivity contribution >= 4 is 20.1 Å². The molecule has 0 aromatic heterocycles. The summed E-state index contributed by atoms with van der Waals surface area (Å²) in [6, 6.07) is 6.33. The standard InChI is InChI=1S/C15H23NOSi/c1-15(2,3)18(4,5)17-13-9-8-12-7-6-10-16-14(12)11-13/h6-9,11,16H,10H2,1-5H3. The number of nitrogens with one attached hydrogen (secondary N) is 1. The lowest BCUT2D eigenvalue weighted by Gasteiger charge is -2.36. The second-order valence-corrected chi connectivity index (χ2v) is 11.1. The molecule has 0 bridgehead atoms. The molecular weight excluding hydrogens is 238 g/mol. The van der Waals surface area contributed by atoms with Gasteiger partial charge in [0.25, 0.3) is 0 Å². The molecule has 0 amide bonds. The van der Waals surface area contributed by atoms with Crippen LogP contribution >= 0.6 is 0 Å². The summed E-state index contributed by atoms with van der Waals surface area (Å²) in [6.45, 7) is 12.2. The van der Waals surface area contributed by atoms with E-state index in [0.717, 1.165) is 12.3 Å². The van der Waals surface area contributed by atoms with Crippen LogP contribution in [0.25, 0.3) is 6.08 Å². The summed E-state index contributed by atoms with van der Waals surface area (Å²) in [5, 5.41) is 3.61. The summed E-state index contributed by atoms with van der Waals surface area (Å²) in [5.74, 6) is 0.989. The SMILES string of the molecule is CC(C)(C)[Si](C)(C)Oc1ccc2c(c1)NCC=C2. The number of anilines is 1. The van der Waals surface area contributed by atoms with Gasteiger partial charge in [0.1, 0.15) is 5.75 Å². The molecule has 0 saturated carbocycles. The topological polar surface area (TPSA) is 21.3 Å². The maximum atomic E-state index is 6.31. The zero-order valence-electron chi connectivity index (χ0n) is 12.0. The first-order chi connectivity index (χ1) is 8.29. The van der Waals surface area contributed by atoms with Gasteiger partial charge in [0.15, 0.2) is 0 Å². The van der Waals surface area contributed by atoms with Crippen molar-refractivity contribution in [2.24, 2.45) is 0 Å². The predicted molar refractivity (Wildman–Crippen MR) is 81.8 cm³/mol. The summed E-state index contributed by atoms with van der Waals surface area (Å²) in [6.07, 6.45) is 4.29. The van der Waals surface area contributed by atoms with E-state index >= 15 is 0 Å². The van der Waals surface area contributed by atoms with Crippen molar-refractivity contribution < 1.29 is 4.43 Å². The van der Waals surface area contributed by atoms with Crippen LogP contribution in [-0.4, -0.2) is 14.9 Å². The molecule has 0 saturated heterocycles. The normalized spacial score (nSPS) is 14.9. The van der Waals surface area contributed by atoms with E-state index in [9.17, 15) is 0 Å². The maximum absolute atomic E-state index is 6.31. The molecule has 1 aromatic rings. The van der Waals surface area contributed by atoms with Gasteiger partial charge in [-0.05, 0) is 35.8 Å². The molecule has 3 heteroatoms. The highest BCUT2D eigenvalue weighted by Crippen LogP contribution is 2.38. The molecular formula is C15H23NOSi. The molecule has 2 rings (SSSR count). The highest BCUT2D eigenvalue weighted by Gasteiger charge is 2.39. The summed E-state index contributed by atoms with van der Waals surface area (Å²) in [4.78, 5) is 0. The summed E-state index contributed by atoms with van der Waals surface area (Å²) in [7, 11) is -1.74. The molecule has 0 fully saturated rings. The molecule has 18 heavy (non-hydrogen) atoms. The van der Waals surface area contributed by atoms with Crippen LogP contribution in [0.15, 0.2) is 24.3 Å². The number of hydrogen-bond donors (Lipinski definition) is 1. The highest BCUT2D eigenvalue weighted by molar-refractivity contribution is 6.74. The fourth-order valence-corrected chi connectivity index (χ4v) is 2.72. The Bertz CT molecular complexity index is 472. The molecule has 0 radical (unpaired) electrons. The highest BCUT2D eigenvalue weighted by atomic mass is 28.4. The molecule has 0 unspecified atom stereocenters. The third-order valence-electron chi connectivity index (χ3n) is 3.91. The van der Waals surface area contributed by atoms with Crippen LogP contribution in [0.2, 0.25) is 18.1 Å². The van der Waals surface area contributed by atoms with Crippen molar-refractivity contribution in [3.63, 3.8) is 0 Å². The van der Waals surface area contributed by atoms with Gasteiger partial charge in [-0.25, -0.2) is 0 Å². The number of fused-ring (bicyclic) bond motifs is 1. The van der Waals surface area contributed by atoms with Crippen molar-refractivity contribution in [2.45, 2.75) is 38.9 Å². The van der Waals surface area contributed by atoms with E-state index < -0.39 is 8.32 Å². The van der Waals surface area contributed by atoms with Crippen molar-refractivity contribution in [3.8, 4) is 5.75 Å². The Hall–Kier alpha value is -1.22. The molecule has 0 aliphatic carbocycles. The van der Waals surface area contributed by atoms with E-state index in [2.05, 4.69) is 69.5 Å². The van der Waals surface area contributed by atoms with Crippen molar-refractivity contribution in [2.75, 3.05) is 11.9 Å². The largest absolute Gasteiger partial charge is 0.543 e. The van der Waals surface area contributed by atoms with Crippen molar-refractivity contribution in [1.29, 1.82) is 0 Å². The van der Waals surface area contributed by atoms with E-state index in [0.29, 0.717) is 0 Å². The molecule has 1 N–H and O–H groups in total. The minimum Gasteiger partial charge on any atom is -0.543 e. The summed E-state index contributed by atoms with van der Waals surface area (Å²) in [5.41, 5.74) is 2.41. The molecule has 1 aliphatic rings. The van der Waals surface area contributed by atoms with Gasteiger partial charge in [0, 0.05) is 18.3 Å². The predicted octanol–water partition coefficient (Wildman–Crippen LogP) is 4.51. The van der Waals surface area contributed by atoms with Crippen LogP contribution in [0.3, 0.4) is 0 Å². The van der Waals surface area contributed by atoms with E-state index in [4.69, 9.17) is 4.43 Å². The Balaban J connectivity index is 2.23. The van der Waals surface area contributed by atoms with E-state index in [1.807, 2.05) is 0 Å². The Morgan fingerprint density at radius 1 is 1.22 bits per heavy atom. The minimum atomic E-state index is -1.74. The second kappa shape index (κ2) is 4.46. The first-order valence-electron chi connectivity index (χ1n) is 6.53. The van der Waals surface area contributed by atoms with Crippen LogP contribution in [0.1, 0.15) is 26.3 Å². The van der Waals surface area contributed by atoms with Gasteiger partial charge in [-0.15, -0.1) is 0 Å². The van der Waals surface area contributed by atoms with Gasteiger partial charge >= 0.3 is 0 Å². The zero-order valence-corrected chi connectivity index (χ0v) is 13.0. The molecule has 0 atom stereocenters. The maximum Gasteiger partial charge on any atom is 0.250 e. The molecule has 0 spiro atoms. The van der Waals surface area contributed by atoms with Crippen LogP contribution < -0.4 is 9.74 Å². The smallest absolute Gasteiger partial charge is 0.250 e. The van der Waals surface area contributed by atoms with E-state index in [1.165, 1.54) is 11.3 Å². The van der Waals surface area contributed by atoms with Gasteiger partial charge in [-0.1, -0.05) is 32.9 Å². The lowest BCUT2D eigenvalue weighted by atomic mass is 10.1. The number of hydrogen-bond acceptors (Lipinski definition) is 2. The molecule has 1 aliphatic heterocycles. The zero-order chi connectivity index (χ0) is 13.4. The van der Waals surface area contributed by atoms with Crippen LogP contribution in [-0.2, 0) is 0 Å². The van der Waals surface area contributed by atoms with Gasteiger partial charge in [-0.2, -0.15) is 0 Å². The Morgan fingerprint density at radius 3 is 2.61 bits per heavy atom. The average Bonchev–Trinajstić information content (AvgIpc) is 2.27. The average molecular weight is 261 g/mol. The van der Waals surface area contributed by atoms with E-state index in [1.54, 1.807) is 0 Å². The van der Waals surface area contributed by atoms with Gasteiger partial charge in [0.05, 0.1) is 0 Å². The van der Waals surface area contributed by atoms with E-state index in [-0.39, 0.29) is 5.04 Å². The lowest BCUT2D eigenvalue weighted by Crippen LogP contribution is -2.43. The fourth-order valence-electron chi connectivity index (χ4n) is 1.70.